The standard InChI is InChI=1S/C18H24ClN7OS/c1-11(2)9-26(4)17-16(12(3)23-18(19)25-17)24-15(10-27)22-7-13-5-6-14(28-20)8-21-13/h5-6,8,10-11H,7,9,20H2,1-4H3,(H,22,24). The Morgan fingerprint density at radius 2 is 2.18 bits per heavy atom. The van der Waals surface area contributed by atoms with Crippen molar-refractivity contribution in [1.82, 2.24) is 15.0 Å². The van der Waals surface area contributed by atoms with Gasteiger partial charge < -0.3 is 10.2 Å². The second kappa shape index (κ2) is 10.4. The zero-order chi connectivity index (χ0) is 20.7. The van der Waals surface area contributed by atoms with Gasteiger partial charge in [0.1, 0.15) is 5.69 Å². The Hall–Kier alpha value is -2.23. The molecule has 0 unspecified atom stereocenters. The number of hydrogen-bond acceptors (Lipinski definition) is 8. The third-order valence-corrected chi connectivity index (χ3v) is 4.44. The number of rotatable bonds is 8. The first-order chi connectivity index (χ1) is 13.3. The van der Waals surface area contributed by atoms with Crippen LogP contribution in [0.25, 0.3) is 0 Å². The lowest BCUT2D eigenvalue weighted by atomic mass is 10.2. The number of aldehydes is 1. The number of nitrogens with zero attached hydrogens (tertiary/aromatic N) is 5. The zero-order valence-electron chi connectivity index (χ0n) is 16.3. The van der Waals surface area contributed by atoms with Crippen LogP contribution in [-0.2, 0) is 11.3 Å². The first kappa shape index (κ1) is 22.1. The molecule has 2 aromatic heterocycles. The van der Waals surface area contributed by atoms with Crippen LogP contribution < -0.4 is 15.4 Å². The lowest BCUT2D eigenvalue weighted by molar-refractivity contribution is -0.102. The Kier molecular flexibility index (Phi) is 8.16. The second-order valence-corrected chi connectivity index (χ2v) is 7.64. The summed E-state index contributed by atoms with van der Waals surface area (Å²) in [5.74, 6) is 1.20. The minimum Gasteiger partial charge on any atom is -0.358 e. The van der Waals surface area contributed by atoms with Gasteiger partial charge in [-0.1, -0.05) is 13.8 Å². The molecule has 0 aliphatic rings. The molecule has 0 saturated heterocycles. The number of carbonyl (C=O) groups is 1. The molecule has 0 radical (unpaired) electrons. The van der Waals surface area contributed by atoms with Crippen molar-refractivity contribution in [3.8, 4) is 0 Å². The van der Waals surface area contributed by atoms with E-state index in [0.29, 0.717) is 29.4 Å². The highest BCUT2D eigenvalue weighted by atomic mass is 35.5. The first-order valence-electron chi connectivity index (χ1n) is 8.67. The molecular formula is C18H24ClN7OS. The van der Waals surface area contributed by atoms with Crippen LogP contribution in [0.15, 0.2) is 28.2 Å². The van der Waals surface area contributed by atoms with Gasteiger partial charge in [0.15, 0.2) is 17.9 Å². The quantitative estimate of drug-likeness (QED) is 0.220. The fourth-order valence-corrected chi connectivity index (χ4v) is 3.02. The van der Waals surface area contributed by atoms with Gasteiger partial charge in [-0.2, -0.15) is 4.98 Å². The largest absolute Gasteiger partial charge is 0.358 e. The molecular weight excluding hydrogens is 398 g/mol. The Morgan fingerprint density at radius 3 is 2.75 bits per heavy atom. The molecule has 0 aliphatic carbocycles. The number of halogens is 1. The average Bonchev–Trinajstić information content (AvgIpc) is 2.66. The highest BCUT2D eigenvalue weighted by Gasteiger charge is 2.17. The van der Waals surface area contributed by atoms with E-state index in [1.807, 2.05) is 24.1 Å². The molecule has 2 rings (SSSR count). The Bertz CT molecular complexity index is 843. The summed E-state index contributed by atoms with van der Waals surface area (Å²) >= 11 is 7.17. The molecule has 8 nitrogen and oxygen atoms in total. The summed E-state index contributed by atoms with van der Waals surface area (Å²) in [7, 11) is 1.92. The van der Waals surface area contributed by atoms with Crippen LogP contribution in [0.3, 0.4) is 0 Å². The maximum atomic E-state index is 11.6. The van der Waals surface area contributed by atoms with Crippen LogP contribution in [0.4, 0.5) is 11.5 Å². The first-order valence-corrected chi connectivity index (χ1v) is 9.93. The van der Waals surface area contributed by atoms with Crippen molar-refractivity contribution in [2.24, 2.45) is 16.0 Å². The smallest absolute Gasteiger partial charge is 0.224 e. The molecule has 0 aromatic carbocycles. The van der Waals surface area contributed by atoms with Crippen molar-refractivity contribution in [3.05, 3.63) is 35.0 Å². The minimum absolute atomic E-state index is 0.153. The fraction of sp³-hybridized carbons (Fsp3) is 0.389. The summed E-state index contributed by atoms with van der Waals surface area (Å²) in [6.45, 7) is 7.04. The van der Waals surface area contributed by atoms with Crippen LogP contribution in [0.2, 0.25) is 5.28 Å². The number of aliphatic imine (C=N–C) groups is 1. The van der Waals surface area contributed by atoms with Crippen molar-refractivity contribution in [1.29, 1.82) is 0 Å². The molecule has 2 heterocycles. The van der Waals surface area contributed by atoms with E-state index in [2.05, 4.69) is 39.1 Å². The van der Waals surface area contributed by atoms with Gasteiger partial charge >= 0.3 is 0 Å². The Balaban J connectivity index is 2.26. The molecule has 28 heavy (non-hydrogen) atoms. The molecule has 0 atom stereocenters. The van der Waals surface area contributed by atoms with E-state index in [4.69, 9.17) is 16.7 Å². The predicted octanol–water partition coefficient (Wildman–Crippen LogP) is 3.10. The molecule has 0 fully saturated rings. The van der Waals surface area contributed by atoms with Gasteiger partial charge in [-0.15, -0.1) is 0 Å². The number of nitrogens with two attached hydrogens (primary N) is 1. The number of aryl methyl sites for hydroxylation is 1. The molecule has 0 bridgehead atoms. The number of carbonyl (C=O) groups excluding carboxylic acids is 1. The van der Waals surface area contributed by atoms with Crippen molar-refractivity contribution in [2.75, 3.05) is 23.8 Å². The number of anilines is 2. The number of aromatic nitrogens is 3. The van der Waals surface area contributed by atoms with Crippen molar-refractivity contribution in [3.63, 3.8) is 0 Å². The van der Waals surface area contributed by atoms with Gasteiger partial charge in [-0.05, 0) is 48.5 Å². The summed E-state index contributed by atoms with van der Waals surface area (Å²) in [4.78, 5) is 31.5. The molecule has 0 saturated carbocycles. The Labute approximate surface area is 174 Å². The second-order valence-electron chi connectivity index (χ2n) is 6.60. The van der Waals surface area contributed by atoms with Crippen LogP contribution in [0.1, 0.15) is 25.2 Å². The summed E-state index contributed by atoms with van der Waals surface area (Å²) in [5, 5.41) is 8.69. The third kappa shape index (κ3) is 6.15. The summed E-state index contributed by atoms with van der Waals surface area (Å²) in [5.41, 5.74) is 1.95. The number of nitrogens with one attached hydrogen (secondary N) is 1. The molecule has 0 amide bonds. The van der Waals surface area contributed by atoms with Crippen LogP contribution in [0, 0.1) is 12.8 Å². The number of amidine groups is 1. The van der Waals surface area contributed by atoms with Gasteiger partial charge in [0.25, 0.3) is 0 Å². The molecule has 3 N–H and O–H groups in total. The SMILES string of the molecule is Cc1nc(Cl)nc(N(C)CC(C)C)c1NC(C=O)=NCc1ccc(SN)cn1. The van der Waals surface area contributed by atoms with E-state index in [1.54, 1.807) is 13.1 Å². The monoisotopic (exact) mass is 421 g/mol. The summed E-state index contributed by atoms with van der Waals surface area (Å²) in [6, 6.07) is 3.67. The third-order valence-electron chi connectivity index (χ3n) is 3.75. The van der Waals surface area contributed by atoms with Gasteiger partial charge in [0.05, 0.1) is 17.9 Å². The minimum atomic E-state index is 0.153. The van der Waals surface area contributed by atoms with E-state index in [0.717, 1.165) is 29.1 Å². The van der Waals surface area contributed by atoms with Crippen molar-refractivity contribution >= 4 is 47.2 Å². The van der Waals surface area contributed by atoms with Gasteiger partial charge in [0, 0.05) is 24.7 Å². The Morgan fingerprint density at radius 1 is 1.43 bits per heavy atom. The number of hydrogen-bond donors (Lipinski definition) is 2. The lowest BCUT2D eigenvalue weighted by Gasteiger charge is -2.24. The van der Waals surface area contributed by atoms with Crippen molar-refractivity contribution in [2.45, 2.75) is 32.2 Å². The van der Waals surface area contributed by atoms with E-state index < -0.39 is 0 Å². The predicted molar refractivity (Wildman–Crippen MR) is 115 cm³/mol. The maximum absolute atomic E-state index is 11.6. The lowest BCUT2D eigenvalue weighted by Crippen LogP contribution is -2.26. The van der Waals surface area contributed by atoms with Gasteiger partial charge in [0.2, 0.25) is 5.28 Å². The van der Waals surface area contributed by atoms with E-state index in [1.165, 1.54) is 0 Å². The summed E-state index contributed by atoms with van der Waals surface area (Å²) in [6.07, 6.45) is 2.32. The highest BCUT2D eigenvalue weighted by Crippen LogP contribution is 2.27. The average molecular weight is 422 g/mol. The normalized spacial score (nSPS) is 11.6. The van der Waals surface area contributed by atoms with Gasteiger partial charge in [-0.3, -0.25) is 19.9 Å². The topological polar surface area (TPSA) is 109 Å². The van der Waals surface area contributed by atoms with Crippen LogP contribution >= 0.6 is 23.5 Å². The van der Waals surface area contributed by atoms with E-state index in [9.17, 15) is 4.79 Å². The summed E-state index contributed by atoms with van der Waals surface area (Å²) < 4.78 is 0. The van der Waals surface area contributed by atoms with Crippen molar-refractivity contribution < 1.29 is 4.79 Å². The number of pyridine rings is 1. The highest BCUT2D eigenvalue weighted by molar-refractivity contribution is 7.97. The fourth-order valence-electron chi connectivity index (χ4n) is 2.56. The molecule has 0 aliphatic heterocycles. The molecule has 150 valence electrons. The van der Waals surface area contributed by atoms with Gasteiger partial charge in [-0.25, -0.2) is 4.98 Å². The van der Waals surface area contributed by atoms with E-state index >= 15 is 0 Å². The van der Waals surface area contributed by atoms with E-state index in [-0.39, 0.29) is 17.7 Å². The molecule has 2 aromatic rings. The maximum Gasteiger partial charge on any atom is 0.224 e. The molecule has 0 spiro atoms. The van der Waals surface area contributed by atoms with Crippen LogP contribution in [-0.4, -0.2) is 40.7 Å². The van der Waals surface area contributed by atoms with Crippen LogP contribution in [0.5, 0.6) is 0 Å². The zero-order valence-corrected chi connectivity index (χ0v) is 17.9. The molecule has 10 heteroatoms.